The van der Waals surface area contributed by atoms with Gasteiger partial charge in [0.1, 0.15) is 12.1 Å². The molecule has 0 atom stereocenters. The number of sulfonamides is 1. The second kappa shape index (κ2) is 5.34. The highest BCUT2D eigenvalue weighted by Crippen LogP contribution is 2.23. The number of nitrogens with zero attached hydrogens (tertiary/aromatic N) is 2. The van der Waals surface area contributed by atoms with Crippen molar-refractivity contribution in [1.82, 2.24) is 9.97 Å². The van der Waals surface area contributed by atoms with E-state index in [9.17, 15) is 12.8 Å². The van der Waals surface area contributed by atoms with Crippen LogP contribution in [0.1, 0.15) is 5.56 Å². The minimum absolute atomic E-state index is 0.0464. The van der Waals surface area contributed by atoms with E-state index in [2.05, 4.69) is 14.7 Å². The number of rotatable bonds is 3. The monoisotopic (exact) mass is 317 g/mol. The van der Waals surface area contributed by atoms with Crippen molar-refractivity contribution in [3.05, 3.63) is 60.2 Å². The first kappa shape index (κ1) is 14.4. The molecule has 0 saturated heterocycles. The molecule has 0 unspecified atom stereocenters. The van der Waals surface area contributed by atoms with E-state index < -0.39 is 15.8 Å². The van der Waals surface area contributed by atoms with Crippen molar-refractivity contribution in [1.29, 1.82) is 0 Å². The van der Waals surface area contributed by atoms with Crippen LogP contribution in [-0.4, -0.2) is 18.4 Å². The van der Waals surface area contributed by atoms with Gasteiger partial charge in [0.15, 0.2) is 5.82 Å². The van der Waals surface area contributed by atoms with Crippen LogP contribution >= 0.6 is 0 Å². The Hall–Kier alpha value is -2.54. The molecule has 0 bridgehead atoms. The average Bonchev–Trinajstić information content (AvgIpc) is 2.48. The molecule has 0 amide bonds. The van der Waals surface area contributed by atoms with Crippen molar-refractivity contribution in [3.8, 4) is 0 Å². The first-order chi connectivity index (χ1) is 10.5. The lowest BCUT2D eigenvalue weighted by molar-refractivity contribution is 0.601. The highest BCUT2D eigenvalue weighted by molar-refractivity contribution is 7.92. The Kier molecular flexibility index (Phi) is 3.50. The Balaban J connectivity index is 2.06. The molecule has 0 radical (unpaired) electrons. The van der Waals surface area contributed by atoms with Gasteiger partial charge in [-0.2, -0.15) is 0 Å². The predicted octanol–water partition coefficient (Wildman–Crippen LogP) is 2.88. The van der Waals surface area contributed by atoms with Crippen LogP contribution in [0.15, 0.2) is 53.7 Å². The van der Waals surface area contributed by atoms with E-state index >= 15 is 0 Å². The second-order valence-corrected chi connectivity index (χ2v) is 6.48. The fourth-order valence-electron chi connectivity index (χ4n) is 2.01. The van der Waals surface area contributed by atoms with E-state index in [1.54, 1.807) is 12.1 Å². The molecule has 7 heteroatoms. The number of hydrogen-bond acceptors (Lipinski definition) is 4. The Morgan fingerprint density at radius 3 is 2.50 bits per heavy atom. The zero-order valence-corrected chi connectivity index (χ0v) is 12.4. The average molecular weight is 317 g/mol. The van der Waals surface area contributed by atoms with Gasteiger partial charge in [0, 0.05) is 5.39 Å². The van der Waals surface area contributed by atoms with Crippen LogP contribution in [0.4, 0.5) is 10.2 Å². The van der Waals surface area contributed by atoms with Gasteiger partial charge in [-0.1, -0.05) is 17.7 Å². The SMILES string of the molecule is Cc1ccc(S(=O)(=O)Nc2ncnc3ccc(F)cc23)cc1. The third kappa shape index (κ3) is 2.75. The molecule has 1 N–H and O–H groups in total. The zero-order chi connectivity index (χ0) is 15.7. The van der Waals surface area contributed by atoms with Crippen LogP contribution in [0, 0.1) is 12.7 Å². The fraction of sp³-hybridized carbons (Fsp3) is 0.0667. The van der Waals surface area contributed by atoms with Crippen LogP contribution < -0.4 is 4.72 Å². The molecule has 1 heterocycles. The second-order valence-electron chi connectivity index (χ2n) is 4.80. The first-order valence-electron chi connectivity index (χ1n) is 6.45. The molecular weight excluding hydrogens is 305 g/mol. The minimum atomic E-state index is -3.80. The highest BCUT2D eigenvalue weighted by atomic mass is 32.2. The van der Waals surface area contributed by atoms with E-state index in [1.807, 2.05) is 6.92 Å². The van der Waals surface area contributed by atoms with Gasteiger partial charge in [0.25, 0.3) is 10.0 Å². The Morgan fingerprint density at radius 1 is 1.05 bits per heavy atom. The van der Waals surface area contributed by atoms with Crippen LogP contribution in [0.3, 0.4) is 0 Å². The van der Waals surface area contributed by atoms with Crippen molar-refractivity contribution in [3.63, 3.8) is 0 Å². The standard InChI is InChI=1S/C15H12FN3O2S/c1-10-2-5-12(6-3-10)22(20,21)19-15-13-8-11(16)4-7-14(13)17-9-18-15/h2-9H,1H3,(H,17,18,19). The van der Waals surface area contributed by atoms with Crippen molar-refractivity contribution in [2.75, 3.05) is 4.72 Å². The number of benzene rings is 2. The number of halogens is 1. The van der Waals surface area contributed by atoms with Crippen LogP contribution in [0.25, 0.3) is 10.9 Å². The fourth-order valence-corrected chi connectivity index (χ4v) is 3.04. The summed E-state index contributed by atoms with van der Waals surface area (Å²) in [4.78, 5) is 8.01. The third-order valence-electron chi connectivity index (χ3n) is 3.16. The first-order valence-corrected chi connectivity index (χ1v) is 7.94. The summed E-state index contributed by atoms with van der Waals surface area (Å²) in [5, 5.41) is 0.304. The lowest BCUT2D eigenvalue weighted by Gasteiger charge is -2.09. The number of hydrogen-bond donors (Lipinski definition) is 1. The third-order valence-corrected chi connectivity index (χ3v) is 4.51. The maximum Gasteiger partial charge on any atom is 0.263 e. The van der Waals surface area contributed by atoms with Gasteiger partial charge in [-0.05, 0) is 37.3 Å². The maximum absolute atomic E-state index is 13.4. The molecule has 5 nitrogen and oxygen atoms in total. The molecule has 0 aliphatic rings. The van der Waals surface area contributed by atoms with E-state index in [-0.39, 0.29) is 10.7 Å². The van der Waals surface area contributed by atoms with Gasteiger partial charge < -0.3 is 0 Å². The lowest BCUT2D eigenvalue weighted by atomic mass is 10.2. The summed E-state index contributed by atoms with van der Waals surface area (Å²) in [7, 11) is -3.80. The topological polar surface area (TPSA) is 72.0 Å². The van der Waals surface area contributed by atoms with E-state index in [4.69, 9.17) is 0 Å². The number of aryl methyl sites for hydroxylation is 1. The molecular formula is C15H12FN3O2S. The predicted molar refractivity (Wildman–Crippen MR) is 81.5 cm³/mol. The zero-order valence-electron chi connectivity index (χ0n) is 11.6. The van der Waals surface area contributed by atoms with Gasteiger partial charge >= 0.3 is 0 Å². The summed E-state index contributed by atoms with van der Waals surface area (Å²) in [5.41, 5.74) is 1.41. The van der Waals surface area contributed by atoms with Crippen molar-refractivity contribution < 1.29 is 12.8 Å². The molecule has 2 aromatic carbocycles. The quantitative estimate of drug-likeness (QED) is 0.806. The largest absolute Gasteiger partial charge is 0.263 e. The van der Waals surface area contributed by atoms with E-state index in [0.717, 1.165) is 5.56 Å². The Bertz CT molecular complexity index is 941. The summed E-state index contributed by atoms with van der Waals surface area (Å²) >= 11 is 0. The van der Waals surface area contributed by atoms with Gasteiger partial charge in [0.05, 0.1) is 10.4 Å². The summed E-state index contributed by atoms with van der Waals surface area (Å²) in [6.07, 6.45) is 1.23. The molecule has 3 rings (SSSR count). The van der Waals surface area contributed by atoms with Gasteiger partial charge in [-0.15, -0.1) is 0 Å². The molecule has 0 aliphatic carbocycles. The number of fused-ring (bicyclic) bond motifs is 1. The molecule has 112 valence electrons. The summed E-state index contributed by atoms with van der Waals surface area (Å²) < 4.78 is 40.5. The smallest absolute Gasteiger partial charge is 0.263 e. The van der Waals surface area contributed by atoms with Crippen molar-refractivity contribution >= 4 is 26.7 Å². The van der Waals surface area contributed by atoms with E-state index in [1.165, 1.54) is 36.7 Å². The van der Waals surface area contributed by atoms with Gasteiger partial charge in [-0.25, -0.2) is 22.8 Å². The maximum atomic E-state index is 13.4. The molecule has 3 aromatic rings. The number of aromatic nitrogens is 2. The van der Waals surface area contributed by atoms with Crippen LogP contribution in [0.2, 0.25) is 0 Å². The minimum Gasteiger partial charge on any atom is -0.263 e. The molecule has 1 aromatic heterocycles. The molecule has 0 spiro atoms. The number of anilines is 1. The summed E-state index contributed by atoms with van der Waals surface area (Å²) in [5.74, 6) is -0.442. The van der Waals surface area contributed by atoms with Crippen LogP contribution in [-0.2, 0) is 10.0 Å². The van der Waals surface area contributed by atoms with Gasteiger partial charge in [0.2, 0.25) is 0 Å². The Labute approximate surface area is 126 Å². The molecule has 0 saturated carbocycles. The summed E-state index contributed by atoms with van der Waals surface area (Å²) in [6.45, 7) is 1.87. The molecule has 0 aliphatic heterocycles. The normalized spacial score (nSPS) is 11.5. The Morgan fingerprint density at radius 2 is 1.77 bits per heavy atom. The van der Waals surface area contributed by atoms with Gasteiger partial charge in [-0.3, -0.25) is 4.72 Å². The van der Waals surface area contributed by atoms with Crippen molar-refractivity contribution in [2.45, 2.75) is 11.8 Å². The molecule has 0 fully saturated rings. The highest BCUT2D eigenvalue weighted by Gasteiger charge is 2.16. The summed E-state index contributed by atoms with van der Waals surface area (Å²) in [6, 6.07) is 10.3. The number of nitrogens with one attached hydrogen (secondary N) is 1. The lowest BCUT2D eigenvalue weighted by Crippen LogP contribution is -2.14. The van der Waals surface area contributed by atoms with Crippen molar-refractivity contribution in [2.24, 2.45) is 0 Å². The van der Waals surface area contributed by atoms with E-state index in [0.29, 0.717) is 10.9 Å². The van der Waals surface area contributed by atoms with Crippen LogP contribution in [0.5, 0.6) is 0 Å². The molecule has 22 heavy (non-hydrogen) atoms.